The van der Waals surface area contributed by atoms with E-state index < -0.39 is 12.0 Å². The Balaban J connectivity index is 1.51. The third-order valence-electron chi connectivity index (χ3n) is 4.66. The zero-order chi connectivity index (χ0) is 14.8. The molecule has 1 amide bonds. The van der Waals surface area contributed by atoms with Crippen LogP contribution in [0.15, 0.2) is 24.3 Å². The normalized spacial score (nSPS) is 28.3. The number of carbonyl (C=O) groups is 1. The molecular weight excluding hydrogens is 266 g/mol. The van der Waals surface area contributed by atoms with Gasteiger partial charge in [-0.15, -0.1) is 0 Å². The van der Waals surface area contributed by atoms with E-state index in [1.54, 1.807) is 6.92 Å². The fourth-order valence-corrected chi connectivity index (χ4v) is 3.21. The number of benzene rings is 1. The number of ether oxygens (including phenoxy) is 2. The van der Waals surface area contributed by atoms with Gasteiger partial charge in [-0.3, -0.25) is 4.79 Å². The van der Waals surface area contributed by atoms with Crippen molar-refractivity contribution < 1.29 is 14.3 Å². The third-order valence-corrected chi connectivity index (χ3v) is 4.66. The standard InChI is InChI=1S/C17H23NO3/c1-11(17(18)19)21-16-4-2-3-15(9-16)20-10-12-5-6-13-8-14(13)7-12/h2-4,9,11-14H,5-8,10H2,1H3,(H2,18,19). The van der Waals surface area contributed by atoms with Crippen LogP contribution in [0, 0.1) is 17.8 Å². The summed E-state index contributed by atoms with van der Waals surface area (Å²) in [6.07, 6.45) is 4.78. The van der Waals surface area contributed by atoms with Gasteiger partial charge in [-0.2, -0.15) is 0 Å². The molecule has 0 heterocycles. The molecule has 2 fully saturated rings. The Hall–Kier alpha value is -1.71. The molecule has 2 saturated carbocycles. The number of hydrogen-bond acceptors (Lipinski definition) is 3. The lowest BCUT2D eigenvalue weighted by Gasteiger charge is -2.21. The maximum Gasteiger partial charge on any atom is 0.258 e. The van der Waals surface area contributed by atoms with Crippen molar-refractivity contribution in [1.29, 1.82) is 0 Å². The summed E-state index contributed by atoms with van der Waals surface area (Å²) >= 11 is 0. The van der Waals surface area contributed by atoms with Crippen molar-refractivity contribution in [3.63, 3.8) is 0 Å². The molecule has 0 spiro atoms. The van der Waals surface area contributed by atoms with E-state index in [4.69, 9.17) is 15.2 Å². The highest BCUT2D eigenvalue weighted by molar-refractivity contribution is 5.78. The highest BCUT2D eigenvalue weighted by atomic mass is 16.5. The van der Waals surface area contributed by atoms with Gasteiger partial charge in [-0.05, 0) is 62.5 Å². The Labute approximate surface area is 125 Å². The second kappa shape index (κ2) is 5.96. The van der Waals surface area contributed by atoms with Gasteiger partial charge in [-0.25, -0.2) is 0 Å². The summed E-state index contributed by atoms with van der Waals surface area (Å²) in [5, 5.41) is 0. The van der Waals surface area contributed by atoms with Gasteiger partial charge in [0.25, 0.3) is 5.91 Å². The molecule has 0 aliphatic heterocycles. The molecule has 2 aliphatic carbocycles. The highest BCUT2D eigenvalue weighted by Gasteiger charge is 2.41. The Morgan fingerprint density at radius 2 is 2.10 bits per heavy atom. The first kappa shape index (κ1) is 14.2. The van der Waals surface area contributed by atoms with E-state index in [2.05, 4.69) is 0 Å². The molecule has 4 heteroatoms. The zero-order valence-corrected chi connectivity index (χ0v) is 12.5. The number of hydrogen-bond donors (Lipinski definition) is 1. The first-order valence-electron chi connectivity index (χ1n) is 7.80. The molecule has 114 valence electrons. The minimum absolute atomic E-state index is 0.470. The van der Waals surface area contributed by atoms with Gasteiger partial charge < -0.3 is 15.2 Å². The van der Waals surface area contributed by atoms with Crippen LogP contribution in [0.25, 0.3) is 0 Å². The van der Waals surface area contributed by atoms with Crippen molar-refractivity contribution in [2.45, 2.75) is 38.7 Å². The van der Waals surface area contributed by atoms with Crippen LogP contribution in [-0.2, 0) is 4.79 Å². The van der Waals surface area contributed by atoms with E-state index in [-0.39, 0.29) is 0 Å². The summed E-state index contributed by atoms with van der Waals surface area (Å²) in [5.41, 5.74) is 5.20. The van der Waals surface area contributed by atoms with Crippen molar-refractivity contribution in [3.8, 4) is 11.5 Å². The predicted octanol–water partition coefficient (Wildman–Crippen LogP) is 2.75. The van der Waals surface area contributed by atoms with Gasteiger partial charge >= 0.3 is 0 Å². The number of rotatable bonds is 6. The Morgan fingerprint density at radius 3 is 2.86 bits per heavy atom. The Kier molecular flexibility index (Phi) is 4.04. The van der Waals surface area contributed by atoms with E-state index in [9.17, 15) is 4.79 Å². The maximum atomic E-state index is 11.0. The number of carbonyl (C=O) groups excluding carboxylic acids is 1. The van der Waals surface area contributed by atoms with Gasteiger partial charge in [0.2, 0.25) is 0 Å². The molecule has 3 rings (SSSR count). The lowest BCUT2D eigenvalue weighted by atomic mass is 9.90. The molecule has 0 radical (unpaired) electrons. The van der Waals surface area contributed by atoms with Gasteiger partial charge in [0, 0.05) is 6.07 Å². The summed E-state index contributed by atoms with van der Waals surface area (Å²) in [5.74, 6) is 3.61. The zero-order valence-electron chi connectivity index (χ0n) is 12.5. The summed E-state index contributed by atoms with van der Waals surface area (Å²) < 4.78 is 11.4. The minimum Gasteiger partial charge on any atom is -0.493 e. The number of fused-ring (bicyclic) bond motifs is 1. The smallest absolute Gasteiger partial charge is 0.258 e. The minimum atomic E-state index is -0.634. The Morgan fingerprint density at radius 1 is 1.29 bits per heavy atom. The molecule has 21 heavy (non-hydrogen) atoms. The molecule has 1 aromatic carbocycles. The number of nitrogens with two attached hydrogens (primary N) is 1. The fraction of sp³-hybridized carbons (Fsp3) is 0.588. The van der Waals surface area contributed by atoms with Crippen molar-refractivity contribution in [1.82, 2.24) is 0 Å². The lowest BCUT2D eigenvalue weighted by molar-refractivity contribution is -0.123. The van der Waals surface area contributed by atoms with Crippen molar-refractivity contribution >= 4 is 5.91 Å². The molecule has 0 aromatic heterocycles. The van der Waals surface area contributed by atoms with Crippen LogP contribution >= 0.6 is 0 Å². The van der Waals surface area contributed by atoms with Gasteiger partial charge in [0.05, 0.1) is 6.61 Å². The van der Waals surface area contributed by atoms with Crippen molar-refractivity contribution in [2.24, 2.45) is 23.5 Å². The summed E-state index contributed by atoms with van der Waals surface area (Å²) in [6.45, 7) is 2.42. The van der Waals surface area contributed by atoms with Crippen molar-refractivity contribution in [3.05, 3.63) is 24.3 Å². The second-order valence-electron chi connectivity index (χ2n) is 6.38. The van der Waals surface area contributed by atoms with Gasteiger partial charge in [0.1, 0.15) is 11.5 Å². The van der Waals surface area contributed by atoms with E-state index in [0.717, 1.165) is 24.2 Å². The van der Waals surface area contributed by atoms with Crippen LogP contribution in [0.5, 0.6) is 11.5 Å². The molecule has 4 atom stereocenters. The summed E-state index contributed by atoms with van der Waals surface area (Å²) in [4.78, 5) is 11.0. The molecule has 0 bridgehead atoms. The Bertz CT molecular complexity index is 517. The second-order valence-corrected chi connectivity index (χ2v) is 6.38. The topological polar surface area (TPSA) is 61.6 Å². The quantitative estimate of drug-likeness (QED) is 0.876. The largest absolute Gasteiger partial charge is 0.493 e. The SMILES string of the molecule is CC(Oc1cccc(OCC2CCC3CC3C2)c1)C(N)=O. The molecule has 4 unspecified atom stereocenters. The van der Waals surface area contributed by atoms with Crippen LogP contribution in [0.2, 0.25) is 0 Å². The number of primary amides is 1. The molecule has 2 N–H and O–H groups in total. The van der Waals surface area contributed by atoms with Gasteiger partial charge in [-0.1, -0.05) is 6.07 Å². The predicted molar refractivity (Wildman–Crippen MR) is 80.2 cm³/mol. The first-order valence-corrected chi connectivity index (χ1v) is 7.80. The van der Waals surface area contributed by atoms with Crippen LogP contribution in [-0.4, -0.2) is 18.6 Å². The van der Waals surface area contributed by atoms with Crippen LogP contribution in [0.3, 0.4) is 0 Å². The van der Waals surface area contributed by atoms with Gasteiger partial charge in [0.15, 0.2) is 6.10 Å². The molecule has 1 aromatic rings. The van der Waals surface area contributed by atoms with E-state index >= 15 is 0 Å². The third kappa shape index (κ3) is 3.69. The maximum absolute atomic E-state index is 11.0. The van der Waals surface area contributed by atoms with Crippen LogP contribution in [0.1, 0.15) is 32.6 Å². The molecule has 2 aliphatic rings. The van der Waals surface area contributed by atoms with Crippen LogP contribution in [0.4, 0.5) is 0 Å². The molecule has 4 nitrogen and oxygen atoms in total. The summed E-state index contributed by atoms with van der Waals surface area (Å²) in [7, 11) is 0. The fourth-order valence-electron chi connectivity index (χ4n) is 3.21. The highest BCUT2D eigenvalue weighted by Crippen LogP contribution is 2.51. The van der Waals surface area contributed by atoms with Crippen molar-refractivity contribution in [2.75, 3.05) is 6.61 Å². The first-order chi connectivity index (χ1) is 10.1. The van der Waals surface area contributed by atoms with E-state index in [1.165, 1.54) is 25.7 Å². The average Bonchev–Trinajstić information content (AvgIpc) is 3.24. The monoisotopic (exact) mass is 289 g/mol. The van der Waals surface area contributed by atoms with Crippen LogP contribution < -0.4 is 15.2 Å². The van der Waals surface area contributed by atoms with E-state index in [1.807, 2.05) is 24.3 Å². The molecule has 0 saturated heterocycles. The lowest BCUT2D eigenvalue weighted by Crippen LogP contribution is -2.30. The van der Waals surface area contributed by atoms with E-state index in [0.29, 0.717) is 11.7 Å². The average molecular weight is 289 g/mol. The number of amides is 1. The summed E-state index contributed by atoms with van der Waals surface area (Å²) in [6, 6.07) is 7.42. The molecular formula is C17H23NO3.